The zero-order valence-corrected chi connectivity index (χ0v) is 10.7. The van der Waals surface area contributed by atoms with E-state index < -0.39 is 0 Å². The second-order valence-electron chi connectivity index (χ2n) is 4.37. The highest BCUT2D eigenvalue weighted by molar-refractivity contribution is 5.82. The summed E-state index contributed by atoms with van der Waals surface area (Å²) in [5, 5.41) is 6.35. The average Bonchev–Trinajstić information content (AvgIpc) is 2.39. The quantitative estimate of drug-likeness (QED) is 0.733. The highest BCUT2D eigenvalue weighted by Gasteiger charge is 2.14. The maximum atomic E-state index is 12.2. The smallest absolute Gasteiger partial charge is 0.193 e. The van der Waals surface area contributed by atoms with Crippen LogP contribution in [0, 0.1) is 6.92 Å². The van der Waals surface area contributed by atoms with Crippen molar-refractivity contribution in [2.75, 3.05) is 7.05 Å². The maximum Gasteiger partial charge on any atom is 0.193 e. The van der Waals surface area contributed by atoms with Gasteiger partial charge in [0.25, 0.3) is 0 Å². The van der Waals surface area contributed by atoms with Crippen LogP contribution in [0.25, 0.3) is 16.7 Å². The van der Waals surface area contributed by atoms with Gasteiger partial charge in [0.15, 0.2) is 11.2 Å². The Labute approximate surface area is 110 Å². The summed E-state index contributed by atoms with van der Waals surface area (Å²) < 4.78 is 5.80. The van der Waals surface area contributed by atoms with E-state index in [9.17, 15) is 4.79 Å². The number of allylic oxidation sites excluding steroid dienone is 1. The van der Waals surface area contributed by atoms with Crippen LogP contribution >= 0.6 is 0 Å². The Hall–Kier alpha value is -2.58. The zero-order valence-electron chi connectivity index (χ0n) is 10.7. The molecule has 0 aliphatic carbocycles. The Morgan fingerprint density at radius 2 is 2.21 bits per heavy atom. The monoisotopic (exact) mass is 252 g/mol. The summed E-state index contributed by atoms with van der Waals surface area (Å²) in [7, 11) is 1.78. The van der Waals surface area contributed by atoms with Crippen LogP contribution in [0.15, 0.2) is 50.4 Å². The third-order valence-electron chi connectivity index (χ3n) is 3.05. The van der Waals surface area contributed by atoms with Gasteiger partial charge in [0.2, 0.25) is 0 Å². The van der Waals surface area contributed by atoms with Crippen molar-refractivity contribution in [3.8, 4) is 0 Å². The molecule has 0 unspecified atom stereocenters. The lowest BCUT2D eigenvalue weighted by Crippen LogP contribution is -2.13. The first-order valence-electron chi connectivity index (χ1n) is 5.93. The Bertz CT molecular complexity index is 808. The minimum Gasteiger partial charge on any atom is -0.453 e. The normalized spacial score (nSPS) is 14.0. The molecule has 0 bridgehead atoms. The molecule has 0 saturated heterocycles. The molecule has 1 aromatic carbocycles. The number of benzene rings is 1. The van der Waals surface area contributed by atoms with E-state index in [2.05, 4.69) is 10.8 Å². The first-order valence-corrected chi connectivity index (χ1v) is 5.93. The van der Waals surface area contributed by atoms with E-state index >= 15 is 0 Å². The highest BCUT2D eigenvalue weighted by atomic mass is 16.3. The summed E-state index contributed by atoms with van der Waals surface area (Å²) in [5.74, 6) is 0.471. The fourth-order valence-corrected chi connectivity index (χ4v) is 2.13. The van der Waals surface area contributed by atoms with E-state index in [0.29, 0.717) is 22.4 Å². The van der Waals surface area contributed by atoms with Crippen LogP contribution in [0.2, 0.25) is 0 Å². The van der Waals surface area contributed by atoms with Crippen LogP contribution < -0.4 is 5.43 Å². The maximum absolute atomic E-state index is 12.2. The largest absolute Gasteiger partial charge is 0.453 e. The van der Waals surface area contributed by atoms with Gasteiger partial charge in [0.05, 0.1) is 11.6 Å². The Morgan fingerprint density at radius 3 is 3.00 bits per heavy atom. The summed E-state index contributed by atoms with van der Waals surface area (Å²) in [6.45, 7) is 1.90. The van der Waals surface area contributed by atoms with Crippen LogP contribution in [0.4, 0.5) is 0 Å². The van der Waals surface area contributed by atoms with Gasteiger partial charge in [-0.3, -0.25) is 9.80 Å². The van der Waals surface area contributed by atoms with E-state index in [1.807, 2.05) is 19.1 Å². The van der Waals surface area contributed by atoms with E-state index in [0.717, 1.165) is 5.56 Å². The number of hydrogen-bond acceptors (Lipinski definition) is 4. The van der Waals surface area contributed by atoms with Gasteiger partial charge in [0, 0.05) is 19.2 Å². The molecule has 0 N–H and O–H groups in total. The summed E-state index contributed by atoms with van der Waals surface area (Å²) in [6.07, 6.45) is 3.32. The molecule has 4 heteroatoms. The van der Waals surface area contributed by atoms with Gasteiger partial charge < -0.3 is 4.42 Å². The van der Waals surface area contributed by atoms with E-state index in [4.69, 9.17) is 4.42 Å². The molecule has 0 atom stereocenters. The van der Waals surface area contributed by atoms with Crippen LogP contribution in [-0.4, -0.2) is 18.3 Å². The molecule has 1 aromatic heterocycles. The van der Waals surface area contributed by atoms with E-state index in [1.165, 1.54) is 6.07 Å². The van der Waals surface area contributed by atoms with Crippen molar-refractivity contribution in [3.63, 3.8) is 0 Å². The Morgan fingerprint density at radius 1 is 1.37 bits per heavy atom. The predicted molar refractivity (Wildman–Crippen MR) is 75.0 cm³/mol. The summed E-state index contributed by atoms with van der Waals surface area (Å²) in [4.78, 5) is 12.2. The fourth-order valence-electron chi connectivity index (χ4n) is 2.13. The molecule has 0 spiro atoms. The van der Waals surface area contributed by atoms with Crippen molar-refractivity contribution >= 4 is 22.9 Å². The molecule has 1 aliphatic heterocycles. The molecule has 0 saturated carbocycles. The third-order valence-corrected chi connectivity index (χ3v) is 3.05. The number of fused-ring (bicyclic) bond motifs is 1. The van der Waals surface area contributed by atoms with Crippen molar-refractivity contribution in [2.24, 2.45) is 5.10 Å². The van der Waals surface area contributed by atoms with Gasteiger partial charge in [0.1, 0.15) is 11.3 Å². The molecule has 4 nitrogen and oxygen atoms in total. The Balaban J connectivity index is 2.29. The molecule has 0 fully saturated rings. The first-order chi connectivity index (χ1) is 9.16. The van der Waals surface area contributed by atoms with Crippen molar-refractivity contribution in [3.05, 3.63) is 57.6 Å². The number of nitrogens with zero attached hydrogens (tertiary/aromatic N) is 2. The van der Waals surface area contributed by atoms with Gasteiger partial charge in [-0.1, -0.05) is 17.9 Å². The minimum atomic E-state index is -0.0494. The highest BCUT2D eigenvalue weighted by Crippen LogP contribution is 2.22. The lowest BCUT2D eigenvalue weighted by Gasteiger charge is -2.15. The number of hydrazone groups is 1. The van der Waals surface area contributed by atoms with E-state index in [1.54, 1.807) is 30.4 Å². The fraction of sp³-hybridized carbons (Fsp3) is 0.133. The second kappa shape index (κ2) is 4.26. The lowest BCUT2D eigenvalue weighted by molar-refractivity contribution is 0.482. The molecule has 3 rings (SSSR count). The molecule has 19 heavy (non-hydrogen) atoms. The van der Waals surface area contributed by atoms with Crippen LogP contribution in [0.5, 0.6) is 0 Å². The molecular formula is C15H12N2O2. The van der Waals surface area contributed by atoms with Gasteiger partial charge in [-0.05, 0) is 18.6 Å². The molecule has 0 amide bonds. The third kappa shape index (κ3) is 1.88. The minimum absolute atomic E-state index is 0.0494. The van der Waals surface area contributed by atoms with Crippen LogP contribution in [0.3, 0.4) is 0 Å². The van der Waals surface area contributed by atoms with Crippen molar-refractivity contribution < 1.29 is 4.42 Å². The van der Waals surface area contributed by atoms with Crippen molar-refractivity contribution in [1.82, 2.24) is 5.01 Å². The first kappa shape index (κ1) is 11.5. The number of aryl methyl sites for hydroxylation is 1. The predicted octanol–water partition coefficient (Wildman–Crippen LogP) is 2.53. The molecule has 0 radical (unpaired) electrons. The second-order valence-corrected chi connectivity index (χ2v) is 4.37. The van der Waals surface area contributed by atoms with Crippen LogP contribution in [-0.2, 0) is 0 Å². The van der Waals surface area contributed by atoms with Gasteiger partial charge in [-0.15, -0.1) is 0 Å². The molecular weight excluding hydrogens is 240 g/mol. The average molecular weight is 252 g/mol. The number of rotatable bonds is 1. The van der Waals surface area contributed by atoms with Crippen molar-refractivity contribution in [2.45, 2.75) is 6.92 Å². The topological polar surface area (TPSA) is 45.8 Å². The van der Waals surface area contributed by atoms with Gasteiger partial charge in [-0.25, -0.2) is 0 Å². The zero-order chi connectivity index (χ0) is 13.4. The standard InChI is InChI=1S/C15H12N2O2/c1-10-5-3-7-13-15(10)12(18)9-14(19-13)11-6-4-8-16-17(11)2/h3-5,7-9H,1-2H3. The summed E-state index contributed by atoms with van der Waals surface area (Å²) in [5.41, 5.74) is 5.12. The Kier molecular flexibility index (Phi) is 2.58. The molecule has 2 aromatic rings. The molecule has 2 heterocycles. The number of hydrogen-bond donors (Lipinski definition) is 0. The summed E-state index contributed by atoms with van der Waals surface area (Å²) in [6, 6.07) is 7.05. The lowest BCUT2D eigenvalue weighted by atomic mass is 10.1. The van der Waals surface area contributed by atoms with Gasteiger partial charge >= 0.3 is 0 Å². The van der Waals surface area contributed by atoms with Gasteiger partial charge in [-0.2, -0.15) is 5.10 Å². The van der Waals surface area contributed by atoms with E-state index in [-0.39, 0.29) is 5.43 Å². The van der Waals surface area contributed by atoms with Crippen molar-refractivity contribution in [1.29, 1.82) is 0 Å². The molecule has 1 aliphatic rings. The molecule has 94 valence electrons. The summed E-state index contributed by atoms with van der Waals surface area (Å²) >= 11 is 0. The van der Waals surface area contributed by atoms with Crippen LogP contribution in [0.1, 0.15) is 11.3 Å². The SMILES string of the molecule is Cc1cccc2oc(C3=C=CC=NN3C)cc(=O)c12.